The summed E-state index contributed by atoms with van der Waals surface area (Å²) < 4.78 is 42.7. The van der Waals surface area contributed by atoms with Gasteiger partial charge in [-0.1, -0.05) is 42.5 Å². The molecule has 38 heavy (non-hydrogen) atoms. The number of aliphatic hydroxyl groups excluding tert-OH is 2. The van der Waals surface area contributed by atoms with Gasteiger partial charge in [0.1, 0.15) is 5.82 Å². The van der Waals surface area contributed by atoms with Crippen LogP contribution >= 0.6 is 0 Å². The van der Waals surface area contributed by atoms with Gasteiger partial charge in [0, 0.05) is 28.6 Å². The van der Waals surface area contributed by atoms with E-state index in [1.165, 1.54) is 12.1 Å². The van der Waals surface area contributed by atoms with Gasteiger partial charge in [0.25, 0.3) is 0 Å². The molecule has 8 nitrogen and oxygen atoms in total. The van der Waals surface area contributed by atoms with Gasteiger partial charge in [0.2, 0.25) is 10.0 Å². The summed E-state index contributed by atoms with van der Waals surface area (Å²) in [6.07, 6.45) is -1.00. The van der Waals surface area contributed by atoms with Crippen molar-refractivity contribution in [2.24, 2.45) is 0 Å². The Balaban J connectivity index is 2.19. The first-order valence-corrected chi connectivity index (χ1v) is 14.4. The molecule has 0 aliphatic heterocycles. The van der Waals surface area contributed by atoms with Crippen LogP contribution in [0.15, 0.2) is 54.6 Å². The number of rotatable bonds is 13. The standard InChI is InChI=1S/C28H35FN2O6S/c1-18(2)31-24(14-13-22(32)15-23(33)16-26(34)35)27(20-9-11-21(29)12-10-20)28(19-7-5-4-6-8-19)25(31)17-30-38(3,36)37/h4-12,18,22-23,30,32-33H,13-17H2,1-3H3,(H,34,35)/t22-,23-/m1/s1. The molecule has 0 unspecified atom stereocenters. The highest BCUT2D eigenvalue weighted by Gasteiger charge is 2.27. The zero-order valence-corrected chi connectivity index (χ0v) is 22.6. The Morgan fingerprint density at radius 2 is 1.53 bits per heavy atom. The van der Waals surface area contributed by atoms with Gasteiger partial charge in [-0.15, -0.1) is 0 Å². The maximum atomic E-state index is 13.9. The van der Waals surface area contributed by atoms with Crippen LogP contribution in [-0.4, -0.2) is 52.7 Å². The normalized spacial score (nSPS) is 13.6. The Morgan fingerprint density at radius 3 is 2.08 bits per heavy atom. The lowest BCUT2D eigenvalue weighted by Gasteiger charge is -2.20. The first kappa shape index (κ1) is 29.5. The summed E-state index contributed by atoms with van der Waals surface area (Å²) >= 11 is 0. The van der Waals surface area contributed by atoms with Gasteiger partial charge in [-0.05, 0) is 56.4 Å². The fraction of sp³-hybridized carbons (Fsp3) is 0.393. The lowest BCUT2D eigenvalue weighted by Crippen LogP contribution is -2.24. The minimum Gasteiger partial charge on any atom is -0.481 e. The van der Waals surface area contributed by atoms with Crippen LogP contribution in [0.1, 0.15) is 50.5 Å². The van der Waals surface area contributed by atoms with E-state index < -0.39 is 34.6 Å². The van der Waals surface area contributed by atoms with Crippen molar-refractivity contribution in [1.29, 1.82) is 0 Å². The molecular weight excluding hydrogens is 511 g/mol. The summed E-state index contributed by atoms with van der Waals surface area (Å²) in [4.78, 5) is 10.9. The molecule has 0 radical (unpaired) electrons. The van der Waals surface area contributed by atoms with Crippen LogP contribution in [0.2, 0.25) is 0 Å². The molecule has 1 heterocycles. The van der Waals surface area contributed by atoms with Crippen molar-refractivity contribution in [3.05, 3.63) is 71.8 Å². The number of sulfonamides is 1. The molecule has 2 aromatic carbocycles. The minimum atomic E-state index is -3.52. The Labute approximate surface area is 222 Å². The number of carboxylic acid groups (broad SMARTS) is 1. The average Bonchev–Trinajstić information content (AvgIpc) is 3.16. The Morgan fingerprint density at radius 1 is 0.947 bits per heavy atom. The van der Waals surface area contributed by atoms with Crippen LogP contribution in [0.4, 0.5) is 4.39 Å². The lowest BCUT2D eigenvalue weighted by molar-refractivity contribution is -0.139. The van der Waals surface area contributed by atoms with Gasteiger partial charge in [0.15, 0.2) is 0 Å². The highest BCUT2D eigenvalue weighted by Crippen LogP contribution is 2.42. The number of carboxylic acids is 1. The van der Waals surface area contributed by atoms with Crippen LogP contribution in [0.25, 0.3) is 22.3 Å². The lowest BCUT2D eigenvalue weighted by atomic mass is 9.93. The second-order valence-electron chi connectivity index (χ2n) is 9.75. The van der Waals surface area contributed by atoms with E-state index in [2.05, 4.69) is 4.72 Å². The van der Waals surface area contributed by atoms with E-state index in [0.717, 1.165) is 39.9 Å². The van der Waals surface area contributed by atoms with Crippen molar-refractivity contribution in [3.8, 4) is 22.3 Å². The van der Waals surface area contributed by atoms with Crippen molar-refractivity contribution >= 4 is 16.0 Å². The van der Waals surface area contributed by atoms with E-state index in [-0.39, 0.29) is 31.2 Å². The number of carbonyl (C=O) groups is 1. The van der Waals surface area contributed by atoms with Gasteiger partial charge in [-0.25, -0.2) is 17.5 Å². The highest BCUT2D eigenvalue weighted by molar-refractivity contribution is 7.88. The van der Waals surface area contributed by atoms with E-state index in [0.29, 0.717) is 6.42 Å². The molecule has 0 spiro atoms. The highest BCUT2D eigenvalue weighted by atomic mass is 32.2. The molecule has 10 heteroatoms. The predicted molar refractivity (Wildman–Crippen MR) is 145 cm³/mol. The molecule has 0 bridgehead atoms. The molecule has 0 aliphatic carbocycles. The first-order chi connectivity index (χ1) is 17.9. The van der Waals surface area contributed by atoms with Gasteiger partial charge in [0.05, 0.1) is 31.4 Å². The largest absolute Gasteiger partial charge is 0.481 e. The number of nitrogens with one attached hydrogen (secondary N) is 1. The van der Waals surface area contributed by atoms with Crippen molar-refractivity contribution < 1.29 is 32.9 Å². The van der Waals surface area contributed by atoms with Gasteiger partial charge >= 0.3 is 5.97 Å². The van der Waals surface area contributed by atoms with E-state index in [1.807, 2.05) is 48.7 Å². The Bertz CT molecular complexity index is 1340. The number of nitrogens with zero attached hydrogens (tertiary/aromatic N) is 1. The monoisotopic (exact) mass is 546 g/mol. The summed E-state index contributed by atoms with van der Waals surface area (Å²) in [5, 5.41) is 29.5. The van der Waals surface area contributed by atoms with Crippen LogP contribution in [0.3, 0.4) is 0 Å². The smallest absolute Gasteiger partial charge is 0.305 e. The molecule has 0 fully saturated rings. The topological polar surface area (TPSA) is 129 Å². The van der Waals surface area contributed by atoms with Crippen LogP contribution in [0.5, 0.6) is 0 Å². The number of halogens is 1. The zero-order chi connectivity index (χ0) is 28.0. The molecule has 0 aliphatic rings. The number of hydrogen-bond acceptors (Lipinski definition) is 5. The molecule has 0 saturated carbocycles. The van der Waals surface area contributed by atoms with Crippen molar-refractivity contribution in [2.75, 3.05) is 6.26 Å². The van der Waals surface area contributed by atoms with Gasteiger partial charge in [-0.2, -0.15) is 0 Å². The molecule has 2 atom stereocenters. The van der Waals surface area contributed by atoms with Crippen LogP contribution in [0, 0.1) is 5.82 Å². The molecule has 206 valence electrons. The third-order valence-electron chi connectivity index (χ3n) is 6.29. The molecule has 0 amide bonds. The van der Waals surface area contributed by atoms with Gasteiger partial charge < -0.3 is 19.9 Å². The molecular formula is C28H35FN2O6S. The zero-order valence-electron chi connectivity index (χ0n) is 21.8. The van der Waals surface area contributed by atoms with E-state index in [4.69, 9.17) is 5.11 Å². The first-order valence-electron chi connectivity index (χ1n) is 12.5. The molecule has 0 saturated heterocycles. The maximum absolute atomic E-state index is 13.9. The number of aliphatic carboxylic acids is 1. The minimum absolute atomic E-state index is 0.0231. The van der Waals surface area contributed by atoms with Gasteiger partial charge in [-0.3, -0.25) is 4.79 Å². The number of hydrogen-bond donors (Lipinski definition) is 4. The molecule has 3 rings (SSSR count). The fourth-order valence-electron chi connectivity index (χ4n) is 4.80. The molecule has 3 aromatic rings. The Kier molecular flexibility index (Phi) is 9.83. The third kappa shape index (κ3) is 7.73. The summed E-state index contributed by atoms with van der Waals surface area (Å²) in [7, 11) is -3.52. The van der Waals surface area contributed by atoms with Crippen molar-refractivity contribution in [3.63, 3.8) is 0 Å². The predicted octanol–water partition coefficient (Wildman–Crippen LogP) is 4.11. The number of aromatic nitrogens is 1. The molecule has 1 aromatic heterocycles. The number of aliphatic hydroxyl groups is 2. The summed E-state index contributed by atoms with van der Waals surface area (Å²) in [5.74, 6) is -1.53. The average molecular weight is 547 g/mol. The van der Waals surface area contributed by atoms with E-state index in [9.17, 15) is 27.8 Å². The van der Waals surface area contributed by atoms with Crippen molar-refractivity contribution in [1.82, 2.24) is 9.29 Å². The quantitative estimate of drug-likeness (QED) is 0.255. The SMILES string of the molecule is CC(C)n1c(CC[C@@H](O)C[C@@H](O)CC(=O)O)c(-c2ccc(F)cc2)c(-c2ccccc2)c1CNS(C)(=O)=O. The second-order valence-corrected chi connectivity index (χ2v) is 11.6. The summed E-state index contributed by atoms with van der Waals surface area (Å²) in [6.45, 7) is 3.97. The molecule has 4 N–H and O–H groups in total. The maximum Gasteiger partial charge on any atom is 0.305 e. The third-order valence-corrected chi connectivity index (χ3v) is 6.96. The summed E-state index contributed by atoms with van der Waals surface area (Å²) in [5.41, 5.74) is 4.75. The van der Waals surface area contributed by atoms with E-state index in [1.54, 1.807) is 12.1 Å². The number of benzene rings is 2. The fourth-order valence-corrected chi connectivity index (χ4v) is 5.20. The van der Waals surface area contributed by atoms with E-state index >= 15 is 0 Å². The van der Waals surface area contributed by atoms with Crippen LogP contribution < -0.4 is 4.72 Å². The second kappa shape index (κ2) is 12.7. The van der Waals surface area contributed by atoms with Crippen LogP contribution in [-0.2, 0) is 27.8 Å². The van der Waals surface area contributed by atoms with Crippen molar-refractivity contribution in [2.45, 2.75) is 64.3 Å². The Hall–Kier alpha value is -3.05. The summed E-state index contributed by atoms with van der Waals surface area (Å²) in [6, 6.07) is 15.5.